The van der Waals surface area contributed by atoms with Gasteiger partial charge in [-0.3, -0.25) is 9.69 Å². The Morgan fingerprint density at radius 2 is 2.09 bits per heavy atom. The number of amides is 1. The summed E-state index contributed by atoms with van der Waals surface area (Å²) in [6.45, 7) is 2.32. The van der Waals surface area contributed by atoms with Gasteiger partial charge in [-0.05, 0) is 38.1 Å². The van der Waals surface area contributed by atoms with Gasteiger partial charge in [0.05, 0.1) is 27.6 Å². The lowest BCUT2D eigenvalue weighted by Crippen LogP contribution is -2.47. The van der Waals surface area contributed by atoms with Crippen LogP contribution in [0.2, 0.25) is 10.0 Å². The molecule has 1 aromatic carbocycles. The summed E-state index contributed by atoms with van der Waals surface area (Å²) in [6, 6.07) is 4.69. The summed E-state index contributed by atoms with van der Waals surface area (Å²) in [5.41, 5.74) is 0.949. The third-order valence-electron chi connectivity index (χ3n) is 4.04. The second kappa shape index (κ2) is 7.38. The van der Waals surface area contributed by atoms with Crippen molar-refractivity contribution in [1.82, 2.24) is 10.2 Å². The molecule has 1 fully saturated rings. The Morgan fingerprint density at radius 1 is 1.39 bits per heavy atom. The van der Waals surface area contributed by atoms with Gasteiger partial charge in [-0.2, -0.15) is 0 Å². The Kier molecular flexibility index (Phi) is 5.94. The smallest absolute Gasteiger partial charge is 0.237 e. The Morgan fingerprint density at radius 3 is 2.65 bits per heavy atom. The van der Waals surface area contributed by atoms with E-state index in [0.29, 0.717) is 23.0 Å². The van der Waals surface area contributed by atoms with Crippen molar-refractivity contribution in [2.45, 2.75) is 32.0 Å². The van der Waals surface area contributed by atoms with E-state index in [9.17, 15) is 13.2 Å². The van der Waals surface area contributed by atoms with Crippen LogP contribution >= 0.6 is 23.2 Å². The fourth-order valence-corrected chi connectivity index (χ4v) is 4.49. The quantitative estimate of drug-likeness (QED) is 0.851. The van der Waals surface area contributed by atoms with Crippen molar-refractivity contribution >= 4 is 38.9 Å². The molecule has 0 aliphatic carbocycles. The van der Waals surface area contributed by atoms with Gasteiger partial charge in [-0.15, -0.1) is 0 Å². The minimum Gasteiger partial charge on any atom is -0.351 e. The first-order valence-electron chi connectivity index (χ1n) is 7.33. The maximum absolute atomic E-state index is 12.3. The first-order valence-corrected chi connectivity index (χ1v) is 9.90. The van der Waals surface area contributed by atoms with E-state index in [1.807, 2.05) is 18.0 Å². The van der Waals surface area contributed by atoms with Crippen molar-refractivity contribution in [2.24, 2.45) is 0 Å². The van der Waals surface area contributed by atoms with E-state index in [2.05, 4.69) is 5.32 Å². The number of halogens is 2. The van der Waals surface area contributed by atoms with Crippen molar-refractivity contribution in [3.8, 4) is 0 Å². The van der Waals surface area contributed by atoms with Crippen LogP contribution in [0.3, 0.4) is 0 Å². The number of sulfone groups is 1. The predicted octanol–water partition coefficient (Wildman–Crippen LogP) is 2.12. The molecule has 2 rings (SSSR count). The second-order valence-corrected chi connectivity index (χ2v) is 8.99. The van der Waals surface area contributed by atoms with Gasteiger partial charge in [0.25, 0.3) is 0 Å². The van der Waals surface area contributed by atoms with Crippen molar-refractivity contribution in [1.29, 1.82) is 0 Å². The fourth-order valence-electron chi connectivity index (χ4n) is 2.49. The lowest BCUT2D eigenvalue weighted by molar-refractivity contribution is -0.126. The number of hydrogen-bond donors (Lipinski definition) is 1. The van der Waals surface area contributed by atoms with Crippen LogP contribution in [0, 0.1) is 0 Å². The van der Waals surface area contributed by atoms with Crippen molar-refractivity contribution in [2.75, 3.05) is 18.6 Å². The Bertz CT molecular complexity index is 694. The topological polar surface area (TPSA) is 66.5 Å². The molecule has 1 amide bonds. The van der Waals surface area contributed by atoms with Gasteiger partial charge in [0, 0.05) is 12.6 Å². The number of nitrogens with one attached hydrogen (secondary N) is 1. The number of hydrogen-bond acceptors (Lipinski definition) is 4. The molecule has 128 valence electrons. The van der Waals surface area contributed by atoms with Crippen LogP contribution in [0.5, 0.6) is 0 Å². The summed E-state index contributed by atoms with van der Waals surface area (Å²) in [7, 11) is -1.17. The largest absolute Gasteiger partial charge is 0.351 e. The van der Waals surface area contributed by atoms with Crippen LogP contribution in [-0.4, -0.2) is 49.9 Å². The van der Waals surface area contributed by atoms with Gasteiger partial charge in [0.1, 0.15) is 0 Å². The molecule has 1 aromatic rings. The molecule has 0 spiro atoms. The lowest BCUT2D eigenvalue weighted by Gasteiger charge is -2.25. The van der Waals surface area contributed by atoms with Gasteiger partial charge in [-0.25, -0.2) is 8.42 Å². The van der Waals surface area contributed by atoms with Crippen LogP contribution < -0.4 is 5.32 Å². The maximum atomic E-state index is 12.3. The highest BCUT2D eigenvalue weighted by Crippen LogP contribution is 2.23. The zero-order valence-corrected chi connectivity index (χ0v) is 15.4. The average molecular weight is 379 g/mol. The molecule has 23 heavy (non-hydrogen) atoms. The van der Waals surface area contributed by atoms with Gasteiger partial charge >= 0.3 is 0 Å². The van der Waals surface area contributed by atoms with Gasteiger partial charge < -0.3 is 5.32 Å². The number of likely N-dealkylation sites (N-methyl/N-ethyl adjacent to an activating group) is 1. The highest BCUT2D eigenvalue weighted by molar-refractivity contribution is 7.91. The number of rotatable bonds is 5. The van der Waals surface area contributed by atoms with E-state index in [1.165, 1.54) is 0 Å². The molecule has 0 bridgehead atoms. The Labute approximate surface area is 146 Å². The van der Waals surface area contributed by atoms with Crippen molar-refractivity contribution in [3.63, 3.8) is 0 Å². The number of nitrogens with zero attached hydrogens (tertiary/aromatic N) is 1. The molecule has 1 aliphatic rings. The summed E-state index contributed by atoms with van der Waals surface area (Å²) in [5, 5.41) is 3.78. The zero-order chi connectivity index (χ0) is 17.2. The normalized spacial score (nSPS) is 21.3. The highest BCUT2D eigenvalue weighted by Gasteiger charge is 2.30. The van der Waals surface area contributed by atoms with Crippen molar-refractivity contribution < 1.29 is 13.2 Å². The number of carbonyl (C=O) groups is 1. The van der Waals surface area contributed by atoms with E-state index < -0.39 is 9.84 Å². The van der Waals surface area contributed by atoms with Crippen LogP contribution in [0.15, 0.2) is 18.2 Å². The zero-order valence-electron chi connectivity index (χ0n) is 13.1. The van der Waals surface area contributed by atoms with E-state index in [0.717, 1.165) is 5.56 Å². The molecule has 1 saturated heterocycles. The standard InChI is InChI=1S/C15H20Cl2N2O3S/c1-10(15(20)18-12-5-6-23(21,22)9-12)19(2)8-11-3-4-13(16)14(17)7-11/h3-4,7,10,12H,5-6,8-9H2,1-2H3,(H,18,20)/t10-,12+/m0/s1. The summed E-state index contributed by atoms with van der Waals surface area (Å²) >= 11 is 11.9. The second-order valence-electron chi connectivity index (χ2n) is 5.95. The van der Waals surface area contributed by atoms with Crippen molar-refractivity contribution in [3.05, 3.63) is 33.8 Å². The molecule has 0 saturated carbocycles. The molecule has 0 aromatic heterocycles. The van der Waals surface area contributed by atoms with Crippen LogP contribution in [-0.2, 0) is 21.2 Å². The molecule has 1 aliphatic heterocycles. The van der Waals surface area contributed by atoms with Crippen LogP contribution in [0.1, 0.15) is 18.9 Å². The number of benzene rings is 1. The lowest BCUT2D eigenvalue weighted by atomic mass is 10.1. The Balaban J connectivity index is 1.92. The molecule has 8 heteroatoms. The third-order valence-corrected chi connectivity index (χ3v) is 6.54. The summed E-state index contributed by atoms with van der Waals surface area (Å²) in [5.74, 6) is 0.00240. The molecule has 0 radical (unpaired) electrons. The average Bonchev–Trinajstić information content (AvgIpc) is 2.81. The molecule has 1 N–H and O–H groups in total. The molecule has 1 heterocycles. The van der Waals surface area contributed by atoms with E-state index >= 15 is 0 Å². The molecular formula is C15H20Cl2N2O3S. The first-order chi connectivity index (χ1) is 10.7. The van der Waals surface area contributed by atoms with Crippen LogP contribution in [0.25, 0.3) is 0 Å². The third kappa shape index (κ3) is 5.08. The highest BCUT2D eigenvalue weighted by atomic mass is 35.5. The van der Waals surface area contributed by atoms with E-state index in [1.54, 1.807) is 19.1 Å². The monoisotopic (exact) mass is 378 g/mol. The van der Waals surface area contributed by atoms with E-state index in [4.69, 9.17) is 23.2 Å². The molecule has 5 nitrogen and oxygen atoms in total. The maximum Gasteiger partial charge on any atom is 0.237 e. The Hall–Kier alpha value is -0.820. The molecule has 2 atom stereocenters. The van der Waals surface area contributed by atoms with Gasteiger partial charge in [0.2, 0.25) is 5.91 Å². The minimum absolute atomic E-state index is 0.0297. The first kappa shape index (κ1) is 18.5. The predicted molar refractivity (Wildman–Crippen MR) is 92.6 cm³/mol. The van der Waals surface area contributed by atoms with E-state index in [-0.39, 0.29) is 29.5 Å². The number of carbonyl (C=O) groups excluding carboxylic acids is 1. The fraction of sp³-hybridized carbons (Fsp3) is 0.533. The minimum atomic E-state index is -3.00. The summed E-state index contributed by atoms with van der Waals surface area (Å²) < 4.78 is 22.9. The van der Waals surface area contributed by atoms with Gasteiger partial charge in [0.15, 0.2) is 9.84 Å². The van der Waals surface area contributed by atoms with Gasteiger partial charge in [-0.1, -0.05) is 29.3 Å². The molecule has 0 unspecified atom stereocenters. The van der Waals surface area contributed by atoms with Crippen LogP contribution in [0.4, 0.5) is 0 Å². The summed E-state index contributed by atoms with van der Waals surface area (Å²) in [4.78, 5) is 14.1. The molecular weight excluding hydrogens is 359 g/mol. The summed E-state index contributed by atoms with van der Waals surface area (Å²) in [6.07, 6.45) is 0.483. The SMILES string of the molecule is C[C@@H](C(=O)N[C@@H]1CCS(=O)(=O)C1)N(C)Cc1ccc(Cl)c(Cl)c1.